The molecule has 0 aliphatic heterocycles. The quantitative estimate of drug-likeness (QED) is 0.778. The molecular formula is C9H8BrN2P. The van der Waals surface area contributed by atoms with Gasteiger partial charge in [0.2, 0.25) is 0 Å². The Balaban J connectivity index is 2.41. The summed E-state index contributed by atoms with van der Waals surface area (Å²) in [5.74, 6) is 0. The number of H-pyrrole nitrogens is 1. The van der Waals surface area contributed by atoms with E-state index in [9.17, 15) is 0 Å². The maximum atomic E-state index is 4.11. The molecule has 2 rings (SSSR count). The second-order valence-corrected chi connectivity index (χ2v) is 4.15. The van der Waals surface area contributed by atoms with Gasteiger partial charge in [-0.25, -0.2) is 4.98 Å². The summed E-state index contributed by atoms with van der Waals surface area (Å²) in [7, 11) is 2.53. The zero-order valence-corrected chi connectivity index (χ0v) is 9.53. The highest BCUT2D eigenvalue weighted by Gasteiger charge is 1.99. The van der Waals surface area contributed by atoms with Gasteiger partial charge in [0.25, 0.3) is 0 Å². The predicted octanol–water partition coefficient (Wildman–Crippen LogP) is 2.34. The molecular weight excluding hydrogens is 247 g/mol. The number of nitrogens with zero attached hydrogens (tertiary/aromatic N) is 1. The number of imidazole rings is 1. The lowest BCUT2D eigenvalue weighted by atomic mass is 10.2. The van der Waals surface area contributed by atoms with Crippen molar-refractivity contribution in [1.29, 1.82) is 0 Å². The molecule has 1 atom stereocenters. The van der Waals surface area contributed by atoms with Gasteiger partial charge in [-0.15, -0.1) is 0 Å². The minimum absolute atomic E-state index is 0.859. The summed E-state index contributed by atoms with van der Waals surface area (Å²) in [6.07, 6.45) is 1.82. The van der Waals surface area contributed by atoms with E-state index < -0.39 is 0 Å². The number of hydrogen-bond acceptors (Lipinski definition) is 1. The van der Waals surface area contributed by atoms with Gasteiger partial charge in [0.15, 0.2) is 0 Å². The lowest BCUT2D eigenvalue weighted by Crippen LogP contribution is -1.92. The SMILES string of the molecule is Pc1ncc(-c2ccc(Br)cc2)[nH]1. The van der Waals surface area contributed by atoms with Crippen LogP contribution in [0.1, 0.15) is 0 Å². The van der Waals surface area contributed by atoms with Crippen molar-refractivity contribution in [1.82, 2.24) is 9.97 Å². The molecule has 0 saturated carbocycles. The first-order chi connectivity index (χ1) is 6.25. The van der Waals surface area contributed by atoms with Gasteiger partial charge in [-0.3, -0.25) is 0 Å². The Morgan fingerprint density at radius 1 is 1.23 bits per heavy atom. The van der Waals surface area contributed by atoms with Crippen LogP contribution in [-0.4, -0.2) is 9.97 Å². The summed E-state index contributed by atoms with van der Waals surface area (Å²) in [6.45, 7) is 0. The molecule has 1 unspecified atom stereocenters. The smallest absolute Gasteiger partial charge is 0.122 e. The van der Waals surface area contributed by atoms with Crippen molar-refractivity contribution in [3.8, 4) is 11.3 Å². The van der Waals surface area contributed by atoms with E-state index in [0.29, 0.717) is 0 Å². The normalized spacial score (nSPS) is 10.3. The molecule has 2 nitrogen and oxygen atoms in total. The Kier molecular flexibility index (Phi) is 2.47. The highest BCUT2D eigenvalue weighted by Crippen LogP contribution is 2.18. The lowest BCUT2D eigenvalue weighted by molar-refractivity contribution is 1.41. The Bertz CT molecular complexity index is 408. The maximum absolute atomic E-state index is 4.11. The molecule has 0 radical (unpaired) electrons. The van der Waals surface area contributed by atoms with Crippen LogP contribution >= 0.6 is 25.2 Å². The summed E-state index contributed by atoms with van der Waals surface area (Å²) in [5, 5.41) is 0. The maximum Gasteiger partial charge on any atom is 0.122 e. The molecule has 0 aliphatic carbocycles. The number of benzene rings is 1. The number of halogens is 1. The van der Waals surface area contributed by atoms with Crippen LogP contribution in [-0.2, 0) is 0 Å². The van der Waals surface area contributed by atoms with E-state index in [1.54, 1.807) is 0 Å². The summed E-state index contributed by atoms with van der Waals surface area (Å²) in [5.41, 5.74) is 3.04. The Hall–Kier alpha value is -0.660. The first-order valence-corrected chi connectivity index (χ1v) is 5.19. The van der Waals surface area contributed by atoms with Gasteiger partial charge in [0.1, 0.15) is 5.57 Å². The van der Waals surface area contributed by atoms with Crippen molar-refractivity contribution in [2.24, 2.45) is 0 Å². The standard InChI is InChI=1S/C9H8BrN2P/c10-7-3-1-6(2-4-7)8-5-11-9(13)12-8/h1-5H,13H2,(H,11,12). The molecule has 1 heterocycles. The minimum atomic E-state index is 0.859. The van der Waals surface area contributed by atoms with Crippen molar-refractivity contribution in [3.05, 3.63) is 34.9 Å². The van der Waals surface area contributed by atoms with Crippen LogP contribution in [0.3, 0.4) is 0 Å². The van der Waals surface area contributed by atoms with Crippen LogP contribution in [0.25, 0.3) is 11.3 Å². The van der Waals surface area contributed by atoms with Gasteiger partial charge < -0.3 is 4.98 Å². The number of aromatic amines is 1. The molecule has 2 aromatic rings. The number of hydrogen-bond donors (Lipinski definition) is 1. The van der Waals surface area contributed by atoms with E-state index in [2.05, 4.69) is 35.1 Å². The molecule has 0 aliphatic rings. The van der Waals surface area contributed by atoms with Crippen LogP contribution in [0.5, 0.6) is 0 Å². The molecule has 0 bridgehead atoms. The summed E-state index contributed by atoms with van der Waals surface area (Å²) < 4.78 is 1.09. The second-order valence-electron chi connectivity index (χ2n) is 2.69. The van der Waals surface area contributed by atoms with E-state index in [0.717, 1.165) is 21.3 Å². The van der Waals surface area contributed by atoms with Gasteiger partial charge in [-0.2, -0.15) is 0 Å². The minimum Gasteiger partial charge on any atom is -0.339 e. The molecule has 13 heavy (non-hydrogen) atoms. The fraction of sp³-hybridized carbons (Fsp3) is 0. The van der Waals surface area contributed by atoms with Crippen LogP contribution in [0.2, 0.25) is 0 Å². The zero-order valence-electron chi connectivity index (χ0n) is 6.79. The molecule has 1 aromatic heterocycles. The lowest BCUT2D eigenvalue weighted by Gasteiger charge is -1.96. The van der Waals surface area contributed by atoms with Crippen LogP contribution < -0.4 is 5.57 Å². The number of nitrogens with one attached hydrogen (secondary N) is 1. The highest BCUT2D eigenvalue weighted by atomic mass is 79.9. The Labute approximate surface area is 87.1 Å². The van der Waals surface area contributed by atoms with Crippen molar-refractivity contribution in [2.45, 2.75) is 0 Å². The third kappa shape index (κ3) is 1.98. The van der Waals surface area contributed by atoms with E-state index in [1.165, 1.54) is 0 Å². The summed E-state index contributed by atoms with van der Waals surface area (Å²) >= 11 is 3.39. The third-order valence-electron chi connectivity index (χ3n) is 1.75. The van der Waals surface area contributed by atoms with Crippen molar-refractivity contribution in [2.75, 3.05) is 0 Å². The van der Waals surface area contributed by atoms with E-state index in [1.807, 2.05) is 30.5 Å². The molecule has 1 N–H and O–H groups in total. The van der Waals surface area contributed by atoms with Crippen molar-refractivity contribution >= 4 is 30.7 Å². The first kappa shape index (κ1) is 8.92. The summed E-state index contributed by atoms with van der Waals surface area (Å²) in [4.78, 5) is 7.26. The van der Waals surface area contributed by atoms with E-state index >= 15 is 0 Å². The predicted molar refractivity (Wildman–Crippen MR) is 61.1 cm³/mol. The third-order valence-corrected chi connectivity index (χ3v) is 2.57. The number of aromatic nitrogens is 2. The van der Waals surface area contributed by atoms with Gasteiger partial charge in [0, 0.05) is 4.47 Å². The fourth-order valence-electron chi connectivity index (χ4n) is 1.11. The average Bonchev–Trinajstić information content (AvgIpc) is 2.53. The first-order valence-electron chi connectivity index (χ1n) is 3.82. The summed E-state index contributed by atoms with van der Waals surface area (Å²) in [6, 6.07) is 8.11. The van der Waals surface area contributed by atoms with Crippen LogP contribution in [0.15, 0.2) is 34.9 Å². The molecule has 0 fully saturated rings. The second kappa shape index (κ2) is 3.60. The zero-order chi connectivity index (χ0) is 9.26. The van der Waals surface area contributed by atoms with E-state index in [4.69, 9.17) is 0 Å². The van der Waals surface area contributed by atoms with Crippen LogP contribution in [0, 0.1) is 0 Å². The number of rotatable bonds is 1. The van der Waals surface area contributed by atoms with Gasteiger partial charge in [-0.05, 0) is 17.7 Å². The van der Waals surface area contributed by atoms with Crippen molar-refractivity contribution in [3.63, 3.8) is 0 Å². The average molecular weight is 255 g/mol. The van der Waals surface area contributed by atoms with Crippen molar-refractivity contribution < 1.29 is 0 Å². The molecule has 4 heteroatoms. The topological polar surface area (TPSA) is 28.7 Å². The molecule has 1 aromatic carbocycles. The monoisotopic (exact) mass is 254 g/mol. The molecule has 0 amide bonds. The van der Waals surface area contributed by atoms with Gasteiger partial charge >= 0.3 is 0 Å². The Morgan fingerprint density at radius 2 is 1.92 bits per heavy atom. The molecule has 0 spiro atoms. The van der Waals surface area contributed by atoms with Gasteiger partial charge in [0.05, 0.1) is 11.9 Å². The van der Waals surface area contributed by atoms with E-state index in [-0.39, 0.29) is 0 Å². The van der Waals surface area contributed by atoms with Gasteiger partial charge in [-0.1, -0.05) is 37.3 Å². The largest absolute Gasteiger partial charge is 0.339 e. The highest BCUT2D eigenvalue weighted by molar-refractivity contribution is 9.10. The molecule has 66 valence electrons. The molecule has 0 saturated heterocycles. The fourth-order valence-corrected chi connectivity index (χ4v) is 1.61. The van der Waals surface area contributed by atoms with Crippen LogP contribution in [0.4, 0.5) is 0 Å². The Morgan fingerprint density at radius 3 is 2.46 bits per heavy atom.